The number of hydrogen-bond donors (Lipinski definition) is 1. The normalized spacial score (nSPS) is 14.5. The largest absolute Gasteiger partial charge is 0.469 e. The zero-order chi connectivity index (χ0) is 16.8. The number of nitrogens with one attached hydrogen (secondary N) is 1. The van der Waals surface area contributed by atoms with E-state index in [1.807, 2.05) is 23.5 Å². The third kappa shape index (κ3) is 4.38. The Morgan fingerprint density at radius 3 is 3.04 bits per heavy atom. The Morgan fingerprint density at radius 2 is 2.29 bits per heavy atom. The zero-order valence-electron chi connectivity index (χ0n) is 14.5. The minimum Gasteiger partial charge on any atom is -0.469 e. The third-order valence-corrected chi connectivity index (χ3v) is 5.30. The van der Waals surface area contributed by atoms with E-state index < -0.39 is 0 Å². The molecule has 0 radical (unpaired) electrons. The summed E-state index contributed by atoms with van der Waals surface area (Å²) in [7, 11) is 2.08. The first-order valence-electron chi connectivity index (χ1n) is 8.75. The van der Waals surface area contributed by atoms with E-state index >= 15 is 0 Å². The highest BCUT2D eigenvalue weighted by Crippen LogP contribution is 2.27. The van der Waals surface area contributed by atoms with Gasteiger partial charge in [-0.05, 0) is 44.7 Å². The molecule has 130 valence electrons. The predicted molar refractivity (Wildman–Crippen MR) is 98.6 cm³/mol. The molecule has 0 aromatic carbocycles. The summed E-state index contributed by atoms with van der Waals surface area (Å²) in [5.74, 6) is 1.90. The zero-order valence-corrected chi connectivity index (χ0v) is 15.4. The van der Waals surface area contributed by atoms with Crippen molar-refractivity contribution in [2.45, 2.75) is 45.6 Å². The fraction of sp³-hybridized carbons (Fsp3) is 0.556. The van der Waals surface area contributed by atoms with E-state index in [1.54, 1.807) is 6.26 Å². The van der Waals surface area contributed by atoms with Crippen LogP contribution in [-0.4, -0.2) is 36.0 Å². The van der Waals surface area contributed by atoms with Gasteiger partial charge in [0.2, 0.25) is 0 Å². The molecular formula is C18H26N4OS. The average molecular weight is 347 g/mol. The van der Waals surface area contributed by atoms with Crippen molar-refractivity contribution < 1.29 is 4.42 Å². The number of aliphatic imine (C=N–C) groups is 1. The molecule has 5 nitrogen and oxygen atoms in total. The monoisotopic (exact) mass is 346 g/mol. The number of guanidine groups is 1. The molecule has 1 N–H and O–H groups in total. The van der Waals surface area contributed by atoms with Crippen LogP contribution < -0.4 is 5.32 Å². The number of thiazole rings is 1. The summed E-state index contributed by atoms with van der Waals surface area (Å²) in [6.07, 6.45) is 7.47. The Kier molecular flexibility index (Phi) is 5.91. The van der Waals surface area contributed by atoms with Crippen LogP contribution >= 0.6 is 11.3 Å². The topological polar surface area (TPSA) is 53.7 Å². The molecule has 0 saturated heterocycles. The molecule has 1 aliphatic carbocycles. The Morgan fingerprint density at radius 1 is 1.42 bits per heavy atom. The van der Waals surface area contributed by atoms with Gasteiger partial charge in [-0.1, -0.05) is 0 Å². The molecule has 6 heteroatoms. The first kappa shape index (κ1) is 17.0. The molecule has 0 saturated carbocycles. The molecule has 0 spiro atoms. The molecule has 3 rings (SSSR count). The number of fused-ring (bicyclic) bond motifs is 1. The third-order valence-electron chi connectivity index (χ3n) is 4.16. The highest BCUT2D eigenvalue weighted by atomic mass is 32.1. The summed E-state index contributed by atoms with van der Waals surface area (Å²) >= 11 is 1.87. The second kappa shape index (κ2) is 8.33. The van der Waals surface area contributed by atoms with E-state index in [9.17, 15) is 0 Å². The molecule has 0 bridgehead atoms. The van der Waals surface area contributed by atoms with Gasteiger partial charge in [-0.25, -0.2) is 4.98 Å². The number of aromatic nitrogens is 1. The molecular weight excluding hydrogens is 320 g/mol. The fourth-order valence-corrected chi connectivity index (χ4v) is 4.16. The SMILES string of the molecule is CCNC(=NCCc1ccco1)N(C)Cc1nc2c(s1)CCCC2. The number of nitrogens with zero attached hydrogens (tertiary/aromatic N) is 3. The summed E-state index contributed by atoms with van der Waals surface area (Å²) in [4.78, 5) is 13.2. The summed E-state index contributed by atoms with van der Waals surface area (Å²) in [6.45, 7) is 4.48. The Balaban J connectivity index is 1.60. The summed E-state index contributed by atoms with van der Waals surface area (Å²) < 4.78 is 5.37. The van der Waals surface area contributed by atoms with Gasteiger partial charge in [-0.15, -0.1) is 11.3 Å². The van der Waals surface area contributed by atoms with Crippen LogP contribution in [0.1, 0.15) is 41.1 Å². The van der Waals surface area contributed by atoms with Crippen LogP contribution in [-0.2, 0) is 25.8 Å². The lowest BCUT2D eigenvalue weighted by molar-refractivity contribution is 0.472. The van der Waals surface area contributed by atoms with E-state index in [0.717, 1.165) is 37.7 Å². The van der Waals surface area contributed by atoms with Crippen molar-refractivity contribution in [3.8, 4) is 0 Å². The summed E-state index contributed by atoms with van der Waals surface area (Å²) in [5, 5.41) is 4.56. The number of furan rings is 1. The van der Waals surface area contributed by atoms with E-state index in [2.05, 4.69) is 24.2 Å². The number of aryl methyl sites for hydroxylation is 2. The molecule has 2 aromatic heterocycles. The van der Waals surface area contributed by atoms with Crippen molar-refractivity contribution in [1.82, 2.24) is 15.2 Å². The van der Waals surface area contributed by atoms with Crippen LogP contribution in [0, 0.1) is 0 Å². The second-order valence-electron chi connectivity index (χ2n) is 6.11. The minimum absolute atomic E-state index is 0.717. The quantitative estimate of drug-likeness (QED) is 0.644. The lowest BCUT2D eigenvalue weighted by Crippen LogP contribution is -2.38. The van der Waals surface area contributed by atoms with Crippen LogP contribution in [0.15, 0.2) is 27.8 Å². The molecule has 1 aliphatic rings. The average Bonchev–Trinajstić information content (AvgIpc) is 3.22. The highest BCUT2D eigenvalue weighted by Gasteiger charge is 2.16. The fourth-order valence-electron chi connectivity index (χ4n) is 2.95. The molecule has 0 fully saturated rings. The smallest absolute Gasteiger partial charge is 0.194 e. The van der Waals surface area contributed by atoms with Crippen molar-refractivity contribution in [3.05, 3.63) is 39.7 Å². The van der Waals surface area contributed by atoms with Gasteiger partial charge in [0.15, 0.2) is 5.96 Å². The van der Waals surface area contributed by atoms with Gasteiger partial charge in [0, 0.05) is 31.4 Å². The second-order valence-corrected chi connectivity index (χ2v) is 7.27. The summed E-state index contributed by atoms with van der Waals surface area (Å²) in [5.41, 5.74) is 1.33. The van der Waals surface area contributed by atoms with Crippen LogP contribution in [0.5, 0.6) is 0 Å². The molecule has 0 amide bonds. The van der Waals surface area contributed by atoms with Gasteiger partial charge in [0.05, 0.1) is 18.5 Å². The molecule has 0 aliphatic heterocycles. The Hall–Kier alpha value is -1.82. The molecule has 0 atom stereocenters. The van der Waals surface area contributed by atoms with Gasteiger partial charge in [0.25, 0.3) is 0 Å². The highest BCUT2D eigenvalue weighted by molar-refractivity contribution is 7.11. The van der Waals surface area contributed by atoms with Crippen LogP contribution in [0.3, 0.4) is 0 Å². The molecule has 0 unspecified atom stereocenters. The summed E-state index contributed by atoms with van der Waals surface area (Å²) in [6, 6.07) is 3.91. The van der Waals surface area contributed by atoms with Crippen molar-refractivity contribution >= 4 is 17.3 Å². The maximum atomic E-state index is 5.37. The van der Waals surface area contributed by atoms with Crippen LogP contribution in [0.2, 0.25) is 0 Å². The lowest BCUT2D eigenvalue weighted by Gasteiger charge is -2.20. The van der Waals surface area contributed by atoms with Crippen molar-refractivity contribution in [2.24, 2.45) is 4.99 Å². The van der Waals surface area contributed by atoms with Gasteiger partial charge >= 0.3 is 0 Å². The predicted octanol–water partition coefficient (Wildman–Crippen LogP) is 3.25. The van der Waals surface area contributed by atoms with Crippen molar-refractivity contribution in [2.75, 3.05) is 20.1 Å². The maximum absolute atomic E-state index is 5.37. The van der Waals surface area contributed by atoms with Gasteiger partial charge in [-0.3, -0.25) is 4.99 Å². The number of rotatable bonds is 6. The Labute approximate surface area is 147 Å². The first-order chi connectivity index (χ1) is 11.8. The van der Waals surface area contributed by atoms with Crippen molar-refractivity contribution in [1.29, 1.82) is 0 Å². The van der Waals surface area contributed by atoms with Crippen LogP contribution in [0.4, 0.5) is 0 Å². The Bertz CT molecular complexity index is 639. The van der Waals surface area contributed by atoms with E-state index in [1.165, 1.54) is 34.8 Å². The minimum atomic E-state index is 0.717. The van der Waals surface area contributed by atoms with Crippen molar-refractivity contribution in [3.63, 3.8) is 0 Å². The molecule has 2 aromatic rings. The molecule has 24 heavy (non-hydrogen) atoms. The van der Waals surface area contributed by atoms with Crippen LogP contribution in [0.25, 0.3) is 0 Å². The van der Waals surface area contributed by atoms with Gasteiger partial charge < -0.3 is 14.6 Å². The molecule has 2 heterocycles. The first-order valence-corrected chi connectivity index (χ1v) is 9.57. The van der Waals surface area contributed by atoms with E-state index in [0.29, 0.717) is 6.54 Å². The lowest BCUT2D eigenvalue weighted by atomic mass is 10.0. The van der Waals surface area contributed by atoms with Gasteiger partial charge in [-0.2, -0.15) is 0 Å². The van der Waals surface area contributed by atoms with E-state index in [4.69, 9.17) is 14.4 Å². The maximum Gasteiger partial charge on any atom is 0.194 e. The van der Waals surface area contributed by atoms with E-state index in [-0.39, 0.29) is 0 Å². The van der Waals surface area contributed by atoms with Gasteiger partial charge in [0.1, 0.15) is 10.8 Å². The number of hydrogen-bond acceptors (Lipinski definition) is 4. The standard InChI is InChI=1S/C18H26N4OS/c1-3-19-18(20-11-10-14-7-6-12-23-14)22(2)13-17-21-15-8-4-5-9-16(15)24-17/h6-7,12H,3-5,8-11,13H2,1-2H3,(H,19,20).